The van der Waals surface area contributed by atoms with E-state index in [0.717, 1.165) is 12.0 Å². The number of nitrogens with zero attached hydrogens (tertiary/aromatic N) is 2. The molecule has 0 radical (unpaired) electrons. The molecule has 122 valence electrons. The zero-order valence-electron chi connectivity index (χ0n) is 12.8. The average molecular weight is 326 g/mol. The molecule has 1 aromatic heterocycles. The van der Waals surface area contributed by atoms with Crippen molar-refractivity contribution in [3.63, 3.8) is 0 Å². The molecule has 2 fully saturated rings. The number of aromatic nitrogens is 1. The van der Waals surface area contributed by atoms with Crippen molar-refractivity contribution in [2.75, 3.05) is 32.1 Å². The number of pyridine rings is 1. The van der Waals surface area contributed by atoms with E-state index in [9.17, 15) is 8.42 Å². The van der Waals surface area contributed by atoms with Gasteiger partial charge >= 0.3 is 0 Å². The maximum atomic E-state index is 11.9. The van der Waals surface area contributed by atoms with Gasteiger partial charge in [0.1, 0.15) is 5.60 Å². The molecule has 1 atom stereocenters. The molecule has 0 bridgehead atoms. The molecule has 2 saturated heterocycles. The van der Waals surface area contributed by atoms with Gasteiger partial charge in [0, 0.05) is 38.0 Å². The van der Waals surface area contributed by atoms with Crippen LogP contribution < -0.4 is 0 Å². The summed E-state index contributed by atoms with van der Waals surface area (Å²) in [7, 11) is -3.11. The minimum Gasteiger partial charge on any atom is -0.376 e. The van der Waals surface area contributed by atoms with Gasteiger partial charge in [-0.25, -0.2) is 8.42 Å². The standard InChI is InChI=1S/C15H22N2O4S/c1-2-22(18,19)17-11-15(12-17)14(5-8-21-15)10-20-9-13-3-6-16-7-4-13/h3-4,6-7,14H,2,5,8-12H2,1H3/t14-/m1/s1. The Bertz CT molecular complexity index is 599. The first-order valence-electron chi connectivity index (χ1n) is 7.64. The molecule has 1 aromatic rings. The first-order valence-corrected chi connectivity index (χ1v) is 9.25. The van der Waals surface area contributed by atoms with E-state index >= 15 is 0 Å². The van der Waals surface area contributed by atoms with Crippen LogP contribution in [0.5, 0.6) is 0 Å². The van der Waals surface area contributed by atoms with Gasteiger partial charge in [-0.05, 0) is 31.0 Å². The van der Waals surface area contributed by atoms with Crippen LogP contribution >= 0.6 is 0 Å². The predicted octanol–water partition coefficient (Wildman–Crippen LogP) is 1.04. The van der Waals surface area contributed by atoms with Crippen LogP contribution in [0.3, 0.4) is 0 Å². The van der Waals surface area contributed by atoms with Crippen LogP contribution in [0.1, 0.15) is 18.9 Å². The lowest BCUT2D eigenvalue weighted by atomic mass is 9.83. The Balaban J connectivity index is 1.52. The minimum absolute atomic E-state index is 0.145. The largest absolute Gasteiger partial charge is 0.376 e. The molecule has 7 heteroatoms. The van der Waals surface area contributed by atoms with Crippen molar-refractivity contribution >= 4 is 10.0 Å². The van der Waals surface area contributed by atoms with Crippen LogP contribution in [0.2, 0.25) is 0 Å². The first-order chi connectivity index (χ1) is 10.6. The molecule has 3 rings (SSSR count). The maximum Gasteiger partial charge on any atom is 0.214 e. The van der Waals surface area contributed by atoms with Crippen molar-refractivity contribution in [3.8, 4) is 0 Å². The second-order valence-electron chi connectivity index (χ2n) is 5.94. The third-order valence-corrected chi connectivity index (χ3v) is 6.36. The first kappa shape index (κ1) is 15.9. The normalized spacial score (nSPS) is 24.5. The summed E-state index contributed by atoms with van der Waals surface area (Å²) in [6.45, 7) is 4.43. The molecule has 0 aromatic carbocycles. The summed E-state index contributed by atoms with van der Waals surface area (Å²) in [6.07, 6.45) is 4.42. The van der Waals surface area contributed by atoms with E-state index in [1.54, 1.807) is 19.3 Å². The van der Waals surface area contributed by atoms with E-state index in [2.05, 4.69) is 4.98 Å². The summed E-state index contributed by atoms with van der Waals surface area (Å²) in [6, 6.07) is 3.86. The molecule has 6 nitrogen and oxygen atoms in total. The second kappa shape index (κ2) is 6.23. The minimum atomic E-state index is -3.11. The third-order valence-electron chi connectivity index (χ3n) is 4.58. The summed E-state index contributed by atoms with van der Waals surface area (Å²) >= 11 is 0. The topological polar surface area (TPSA) is 68.7 Å². The highest BCUT2D eigenvalue weighted by atomic mass is 32.2. The molecule has 1 spiro atoms. The molecule has 22 heavy (non-hydrogen) atoms. The fraction of sp³-hybridized carbons (Fsp3) is 0.667. The lowest BCUT2D eigenvalue weighted by Gasteiger charge is -2.49. The number of rotatable bonds is 6. The van der Waals surface area contributed by atoms with E-state index in [1.807, 2.05) is 12.1 Å². The van der Waals surface area contributed by atoms with Crippen LogP contribution in [-0.2, 0) is 26.1 Å². The van der Waals surface area contributed by atoms with E-state index in [4.69, 9.17) is 9.47 Å². The Morgan fingerprint density at radius 2 is 2.14 bits per heavy atom. The van der Waals surface area contributed by atoms with Gasteiger partial charge in [0.05, 0.1) is 19.0 Å². The quantitative estimate of drug-likeness (QED) is 0.781. The smallest absolute Gasteiger partial charge is 0.214 e. The second-order valence-corrected chi connectivity index (χ2v) is 8.20. The van der Waals surface area contributed by atoms with Crippen LogP contribution in [0, 0.1) is 5.92 Å². The molecule has 3 heterocycles. The Labute approximate surface area is 131 Å². The summed E-state index contributed by atoms with van der Waals surface area (Å²) in [5, 5.41) is 0. The highest BCUT2D eigenvalue weighted by Crippen LogP contribution is 2.41. The SMILES string of the molecule is CCS(=O)(=O)N1CC2(C1)OCC[C@@H]2COCc1ccncc1. The van der Waals surface area contributed by atoms with Crippen molar-refractivity contribution in [3.05, 3.63) is 30.1 Å². The van der Waals surface area contributed by atoms with Gasteiger partial charge in [-0.2, -0.15) is 4.31 Å². The van der Waals surface area contributed by atoms with Gasteiger partial charge in [-0.3, -0.25) is 4.98 Å². The molecule has 0 N–H and O–H groups in total. The third kappa shape index (κ3) is 3.03. The molecule has 0 unspecified atom stereocenters. The zero-order valence-corrected chi connectivity index (χ0v) is 13.6. The van der Waals surface area contributed by atoms with Crippen LogP contribution in [0.15, 0.2) is 24.5 Å². The molecular formula is C15H22N2O4S. The lowest BCUT2D eigenvalue weighted by Crippen LogP contribution is -2.66. The maximum absolute atomic E-state index is 11.9. The Kier molecular flexibility index (Phi) is 4.49. The molecule has 2 aliphatic heterocycles. The van der Waals surface area contributed by atoms with Gasteiger partial charge in [0.15, 0.2) is 0 Å². The predicted molar refractivity (Wildman–Crippen MR) is 81.7 cm³/mol. The fourth-order valence-electron chi connectivity index (χ4n) is 3.10. The summed E-state index contributed by atoms with van der Waals surface area (Å²) in [4.78, 5) is 3.98. The van der Waals surface area contributed by atoms with Crippen molar-refractivity contribution < 1.29 is 17.9 Å². The number of hydrogen-bond donors (Lipinski definition) is 0. The van der Waals surface area contributed by atoms with Crippen molar-refractivity contribution in [2.45, 2.75) is 25.6 Å². The highest BCUT2D eigenvalue weighted by molar-refractivity contribution is 7.89. The number of hydrogen-bond acceptors (Lipinski definition) is 5. The van der Waals surface area contributed by atoms with E-state index in [0.29, 0.717) is 32.9 Å². The van der Waals surface area contributed by atoms with Crippen LogP contribution in [0.25, 0.3) is 0 Å². The molecule has 0 aliphatic carbocycles. The molecular weight excluding hydrogens is 304 g/mol. The Morgan fingerprint density at radius 3 is 2.82 bits per heavy atom. The van der Waals surface area contributed by atoms with E-state index in [-0.39, 0.29) is 17.3 Å². The van der Waals surface area contributed by atoms with Crippen molar-refractivity contribution in [1.82, 2.24) is 9.29 Å². The number of sulfonamides is 1. The van der Waals surface area contributed by atoms with Crippen LogP contribution in [0.4, 0.5) is 0 Å². The van der Waals surface area contributed by atoms with E-state index < -0.39 is 10.0 Å². The van der Waals surface area contributed by atoms with Crippen molar-refractivity contribution in [1.29, 1.82) is 0 Å². The van der Waals surface area contributed by atoms with Gasteiger partial charge in [0.25, 0.3) is 0 Å². The highest BCUT2D eigenvalue weighted by Gasteiger charge is 2.55. The average Bonchev–Trinajstić information content (AvgIpc) is 2.91. The summed E-state index contributed by atoms with van der Waals surface area (Å²) < 4.78 is 36.9. The van der Waals surface area contributed by atoms with Gasteiger partial charge in [-0.1, -0.05) is 0 Å². The van der Waals surface area contributed by atoms with E-state index in [1.165, 1.54) is 4.31 Å². The number of ether oxygens (including phenoxy) is 2. The molecule has 0 saturated carbocycles. The van der Waals surface area contributed by atoms with Gasteiger partial charge in [0.2, 0.25) is 10.0 Å². The molecule has 0 amide bonds. The lowest BCUT2D eigenvalue weighted by molar-refractivity contribution is -0.115. The monoisotopic (exact) mass is 326 g/mol. The van der Waals surface area contributed by atoms with Gasteiger partial charge < -0.3 is 9.47 Å². The Hall–Kier alpha value is -1.02. The summed E-state index contributed by atoms with van der Waals surface area (Å²) in [5.41, 5.74) is 0.757. The Morgan fingerprint density at radius 1 is 1.41 bits per heavy atom. The van der Waals surface area contributed by atoms with Crippen LogP contribution in [-0.4, -0.2) is 55.4 Å². The van der Waals surface area contributed by atoms with Crippen molar-refractivity contribution in [2.24, 2.45) is 5.92 Å². The fourth-order valence-corrected chi connectivity index (χ4v) is 4.29. The zero-order chi connectivity index (χ0) is 15.6. The molecule has 2 aliphatic rings. The van der Waals surface area contributed by atoms with Gasteiger partial charge in [-0.15, -0.1) is 0 Å². The summed E-state index contributed by atoms with van der Waals surface area (Å²) in [5.74, 6) is 0.407.